The molecule has 1 fully saturated rings. The standard InChI is InChI=1S/C13H26N2O2/c14-9-4-1-2-7-13(16)15-10-8-12-6-3-5-11-17-12/h12H,1-11,14H2,(H,15,16). The van der Waals surface area contributed by atoms with Gasteiger partial charge in [-0.25, -0.2) is 0 Å². The van der Waals surface area contributed by atoms with Gasteiger partial charge in [0.1, 0.15) is 0 Å². The van der Waals surface area contributed by atoms with Crippen molar-refractivity contribution in [3.63, 3.8) is 0 Å². The van der Waals surface area contributed by atoms with Crippen LogP contribution < -0.4 is 11.1 Å². The molecule has 0 aromatic rings. The maximum absolute atomic E-state index is 11.5. The van der Waals surface area contributed by atoms with Crippen LogP contribution in [0.25, 0.3) is 0 Å². The molecular formula is C13H26N2O2. The summed E-state index contributed by atoms with van der Waals surface area (Å²) < 4.78 is 5.61. The first kappa shape index (κ1) is 14.5. The fraction of sp³-hybridized carbons (Fsp3) is 0.923. The van der Waals surface area contributed by atoms with Crippen LogP contribution in [-0.4, -0.2) is 31.7 Å². The molecular weight excluding hydrogens is 216 g/mol. The van der Waals surface area contributed by atoms with Crippen molar-refractivity contribution in [2.75, 3.05) is 19.7 Å². The first-order valence-electron chi connectivity index (χ1n) is 6.91. The summed E-state index contributed by atoms with van der Waals surface area (Å²) in [5.74, 6) is 0.165. The molecule has 1 heterocycles. The second-order valence-electron chi connectivity index (χ2n) is 4.73. The topological polar surface area (TPSA) is 64.4 Å². The van der Waals surface area contributed by atoms with Gasteiger partial charge in [-0.3, -0.25) is 4.79 Å². The normalized spacial score (nSPS) is 20.2. The van der Waals surface area contributed by atoms with E-state index in [9.17, 15) is 4.79 Å². The van der Waals surface area contributed by atoms with Crippen LogP contribution in [0.1, 0.15) is 51.4 Å². The van der Waals surface area contributed by atoms with Gasteiger partial charge >= 0.3 is 0 Å². The fourth-order valence-electron chi connectivity index (χ4n) is 2.10. The van der Waals surface area contributed by atoms with Crippen LogP contribution >= 0.6 is 0 Å². The number of carbonyl (C=O) groups is 1. The summed E-state index contributed by atoms with van der Waals surface area (Å²) in [5.41, 5.74) is 5.39. The Morgan fingerprint density at radius 3 is 2.88 bits per heavy atom. The second kappa shape index (κ2) is 9.42. The van der Waals surface area contributed by atoms with Crippen molar-refractivity contribution < 1.29 is 9.53 Å². The zero-order valence-corrected chi connectivity index (χ0v) is 10.7. The lowest BCUT2D eigenvalue weighted by atomic mass is 10.1. The highest BCUT2D eigenvalue weighted by atomic mass is 16.5. The third-order valence-corrected chi connectivity index (χ3v) is 3.17. The monoisotopic (exact) mass is 242 g/mol. The summed E-state index contributed by atoms with van der Waals surface area (Å²) >= 11 is 0. The van der Waals surface area contributed by atoms with Gasteiger partial charge in [-0.05, 0) is 45.1 Å². The predicted octanol–water partition coefficient (Wildman–Crippen LogP) is 1.58. The van der Waals surface area contributed by atoms with E-state index >= 15 is 0 Å². The van der Waals surface area contributed by atoms with Gasteiger partial charge in [0.25, 0.3) is 0 Å². The molecule has 1 aliphatic heterocycles. The minimum absolute atomic E-state index is 0.165. The van der Waals surface area contributed by atoms with Gasteiger partial charge in [0.05, 0.1) is 6.10 Å². The molecule has 1 atom stereocenters. The summed E-state index contributed by atoms with van der Waals surface area (Å²) in [6.07, 6.45) is 8.55. The Balaban J connectivity index is 1.92. The van der Waals surface area contributed by atoms with Crippen molar-refractivity contribution in [1.82, 2.24) is 5.32 Å². The van der Waals surface area contributed by atoms with Gasteiger partial charge < -0.3 is 15.8 Å². The van der Waals surface area contributed by atoms with E-state index in [0.29, 0.717) is 12.5 Å². The highest BCUT2D eigenvalue weighted by molar-refractivity contribution is 5.75. The molecule has 1 rings (SSSR count). The van der Waals surface area contributed by atoms with Gasteiger partial charge in [0, 0.05) is 19.6 Å². The molecule has 0 spiro atoms. The Morgan fingerprint density at radius 2 is 2.18 bits per heavy atom. The molecule has 0 radical (unpaired) electrons. The van der Waals surface area contributed by atoms with E-state index < -0.39 is 0 Å². The molecule has 100 valence electrons. The predicted molar refractivity (Wildman–Crippen MR) is 68.7 cm³/mol. The molecule has 17 heavy (non-hydrogen) atoms. The Labute approximate surface area is 104 Å². The third-order valence-electron chi connectivity index (χ3n) is 3.17. The van der Waals surface area contributed by atoms with Crippen molar-refractivity contribution >= 4 is 5.91 Å². The number of hydrogen-bond donors (Lipinski definition) is 2. The Hall–Kier alpha value is -0.610. The van der Waals surface area contributed by atoms with E-state index in [0.717, 1.165) is 51.8 Å². The zero-order chi connectivity index (χ0) is 12.3. The van der Waals surface area contributed by atoms with Gasteiger partial charge in [0.2, 0.25) is 5.91 Å². The molecule has 4 nitrogen and oxygen atoms in total. The molecule has 3 N–H and O–H groups in total. The number of hydrogen-bond acceptors (Lipinski definition) is 3. The number of rotatable bonds is 8. The van der Waals surface area contributed by atoms with E-state index in [1.165, 1.54) is 12.8 Å². The summed E-state index contributed by atoms with van der Waals surface area (Å²) in [7, 11) is 0. The third kappa shape index (κ3) is 7.34. The maximum atomic E-state index is 11.5. The first-order chi connectivity index (χ1) is 8.33. The number of nitrogens with two attached hydrogens (primary N) is 1. The number of nitrogens with one attached hydrogen (secondary N) is 1. The van der Waals surface area contributed by atoms with E-state index in [1.54, 1.807) is 0 Å². The van der Waals surface area contributed by atoms with Crippen LogP contribution in [0, 0.1) is 0 Å². The van der Waals surface area contributed by atoms with Crippen molar-refractivity contribution in [3.8, 4) is 0 Å². The number of amides is 1. The van der Waals surface area contributed by atoms with Crippen LogP contribution in [0.2, 0.25) is 0 Å². The average molecular weight is 242 g/mol. The summed E-state index contributed by atoms with van der Waals surface area (Å²) in [5, 5.41) is 2.96. The van der Waals surface area contributed by atoms with Crippen LogP contribution in [-0.2, 0) is 9.53 Å². The van der Waals surface area contributed by atoms with Crippen molar-refractivity contribution in [2.24, 2.45) is 5.73 Å². The lowest BCUT2D eigenvalue weighted by Gasteiger charge is -2.22. The average Bonchev–Trinajstić information content (AvgIpc) is 2.36. The van der Waals surface area contributed by atoms with Crippen LogP contribution in [0.5, 0.6) is 0 Å². The molecule has 4 heteroatoms. The van der Waals surface area contributed by atoms with Crippen molar-refractivity contribution in [1.29, 1.82) is 0 Å². The minimum Gasteiger partial charge on any atom is -0.378 e. The highest BCUT2D eigenvalue weighted by Gasteiger charge is 2.13. The molecule has 0 aliphatic carbocycles. The van der Waals surface area contributed by atoms with Crippen molar-refractivity contribution in [2.45, 2.75) is 57.5 Å². The lowest BCUT2D eigenvalue weighted by molar-refractivity contribution is -0.121. The Kier molecular flexibility index (Phi) is 8.01. The lowest BCUT2D eigenvalue weighted by Crippen LogP contribution is -2.29. The Bertz CT molecular complexity index is 204. The molecule has 1 saturated heterocycles. The van der Waals surface area contributed by atoms with E-state index in [1.807, 2.05) is 0 Å². The Morgan fingerprint density at radius 1 is 1.29 bits per heavy atom. The molecule has 0 aromatic heterocycles. The van der Waals surface area contributed by atoms with E-state index in [-0.39, 0.29) is 5.91 Å². The molecule has 0 saturated carbocycles. The summed E-state index contributed by atoms with van der Waals surface area (Å²) in [6, 6.07) is 0. The van der Waals surface area contributed by atoms with Gasteiger partial charge in [-0.1, -0.05) is 6.42 Å². The van der Waals surface area contributed by atoms with E-state index in [4.69, 9.17) is 10.5 Å². The molecule has 0 aromatic carbocycles. The molecule has 0 bridgehead atoms. The van der Waals surface area contributed by atoms with Gasteiger partial charge in [-0.15, -0.1) is 0 Å². The van der Waals surface area contributed by atoms with Crippen molar-refractivity contribution in [3.05, 3.63) is 0 Å². The minimum atomic E-state index is 0.165. The first-order valence-corrected chi connectivity index (χ1v) is 6.91. The van der Waals surface area contributed by atoms with Crippen LogP contribution in [0.15, 0.2) is 0 Å². The fourth-order valence-corrected chi connectivity index (χ4v) is 2.10. The van der Waals surface area contributed by atoms with E-state index in [2.05, 4.69) is 5.32 Å². The smallest absolute Gasteiger partial charge is 0.219 e. The molecule has 1 amide bonds. The molecule has 1 unspecified atom stereocenters. The maximum Gasteiger partial charge on any atom is 0.219 e. The number of unbranched alkanes of at least 4 members (excludes halogenated alkanes) is 2. The summed E-state index contributed by atoms with van der Waals surface area (Å²) in [6.45, 7) is 2.36. The molecule has 1 aliphatic rings. The zero-order valence-electron chi connectivity index (χ0n) is 10.7. The summed E-state index contributed by atoms with van der Waals surface area (Å²) in [4.78, 5) is 11.5. The number of carbonyl (C=O) groups excluding carboxylic acids is 1. The van der Waals surface area contributed by atoms with Crippen LogP contribution in [0.3, 0.4) is 0 Å². The second-order valence-corrected chi connectivity index (χ2v) is 4.73. The van der Waals surface area contributed by atoms with Gasteiger partial charge in [-0.2, -0.15) is 0 Å². The number of ether oxygens (including phenoxy) is 1. The van der Waals surface area contributed by atoms with Gasteiger partial charge in [0.15, 0.2) is 0 Å². The SMILES string of the molecule is NCCCCCC(=O)NCCC1CCCCO1. The quantitative estimate of drug-likeness (QED) is 0.635. The highest BCUT2D eigenvalue weighted by Crippen LogP contribution is 2.14. The largest absolute Gasteiger partial charge is 0.378 e. The van der Waals surface area contributed by atoms with Crippen LogP contribution in [0.4, 0.5) is 0 Å².